The van der Waals surface area contributed by atoms with Gasteiger partial charge >= 0.3 is 0 Å². The van der Waals surface area contributed by atoms with Gasteiger partial charge in [-0.15, -0.1) is 0 Å². The maximum atomic E-state index is 13.3. The van der Waals surface area contributed by atoms with Crippen LogP contribution in [0.3, 0.4) is 0 Å². The molecular weight excluding hydrogens is 242 g/mol. The van der Waals surface area contributed by atoms with Gasteiger partial charge in [0.2, 0.25) is 0 Å². The standard InChI is InChI=1S/C12H14F2N2O2/c1-7-6-18-3-2-16(7)12(17)8-4-9(13)11(15)10(14)5-8/h4-5,7H,2-3,6,15H2,1H3. The number of anilines is 1. The molecule has 98 valence electrons. The molecule has 4 nitrogen and oxygen atoms in total. The van der Waals surface area contributed by atoms with Gasteiger partial charge in [0, 0.05) is 12.1 Å². The molecule has 1 atom stereocenters. The highest BCUT2D eigenvalue weighted by atomic mass is 19.1. The Hall–Kier alpha value is -1.69. The summed E-state index contributed by atoms with van der Waals surface area (Å²) in [6.07, 6.45) is 0. The van der Waals surface area contributed by atoms with Gasteiger partial charge in [-0.05, 0) is 19.1 Å². The van der Waals surface area contributed by atoms with Crippen molar-refractivity contribution in [2.24, 2.45) is 0 Å². The Kier molecular flexibility index (Phi) is 3.47. The van der Waals surface area contributed by atoms with Gasteiger partial charge in [-0.1, -0.05) is 0 Å². The van der Waals surface area contributed by atoms with E-state index < -0.39 is 23.2 Å². The molecule has 0 spiro atoms. The first kappa shape index (κ1) is 12.8. The lowest BCUT2D eigenvalue weighted by Crippen LogP contribution is -2.47. The minimum atomic E-state index is -0.917. The van der Waals surface area contributed by atoms with Crippen molar-refractivity contribution in [2.75, 3.05) is 25.5 Å². The zero-order valence-corrected chi connectivity index (χ0v) is 9.95. The van der Waals surface area contributed by atoms with Gasteiger partial charge in [0.05, 0.1) is 19.3 Å². The molecule has 2 N–H and O–H groups in total. The van der Waals surface area contributed by atoms with E-state index in [2.05, 4.69) is 0 Å². The fourth-order valence-corrected chi connectivity index (χ4v) is 1.90. The average molecular weight is 256 g/mol. The summed E-state index contributed by atoms with van der Waals surface area (Å²) in [4.78, 5) is 13.7. The van der Waals surface area contributed by atoms with E-state index in [0.29, 0.717) is 19.8 Å². The molecule has 2 rings (SSSR count). The normalized spacial score (nSPS) is 19.9. The molecule has 0 radical (unpaired) electrons. The Labute approximate surface area is 103 Å². The molecule has 18 heavy (non-hydrogen) atoms. The molecule has 1 aliphatic heterocycles. The Morgan fingerprint density at radius 2 is 2.06 bits per heavy atom. The third kappa shape index (κ3) is 2.28. The highest BCUT2D eigenvalue weighted by Crippen LogP contribution is 2.20. The summed E-state index contributed by atoms with van der Waals surface area (Å²) in [6, 6.07) is 1.81. The zero-order valence-electron chi connectivity index (χ0n) is 9.95. The molecule has 0 aromatic heterocycles. The number of morpholine rings is 1. The van der Waals surface area contributed by atoms with Crippen molar-refractivity contribution in [3.05, 3.63) is 29.3 Å². The molecule has 0 aliphatic carbocycles. The van der Waals surface area contributed by atoms with Crippen LogP contribution < -0.4 is 5.73 Å². The Morgan fingerprint density at radius 3 is 2.61 bits per heavy atom. The lowest BCUT2D eigenvalue weighted by molar-refractivity contribution is 0.00355. The molecule has 1 saturated heterocycles. The number of benzene rings is 1. The number of rotatable bonds is 1. The Balaban J connectivity index is 2.28. The van der Waals surface area contributed by atoms with Crippen LogP contribution in [0.25, 0.3) is 0 Å². The van der Waals surface area contributed by atoms with Crippen molar-refractivity contribution in [1.82, 2.24) is 4.90 Å². The van der Waals surface area contributed by atoms with Crippen molar-refractivity contribution in [3.63, 3.8) is 0 Å². The van der Waals surface area contributed by atoms with E-state index in [1.54, 1.807) is 0 Å². The van der Waals surface area contributed by atoms with Crippen LogP contribution in [0.4, 0.5) is 14.5 Å². The summed E-state index contributed by atoms with van der Waals surface area (Å²) >= 11 is 0. The predicted octanol–water partition coefficient (Wildman–Crippen LogP) is 1.41. The fraction of sp³-hybridized carbons (Fsp3) is 0.417. The van der Waals surface area contributed by atoms with Crippen LogP contribution in [0, 0.1) is 11.6 Å². The van der Waals surface area contributed by atoms with Gasteiger partial charge in [-0.3, -0.25) is 4.79 Å². The summed E-state index contributed by atoms with van der Waals surface area (Å²) in [5, 5.41) is 0. The van der Waals surface area contributed by atoms with E-state index in [9.17, 15) is 13.6 Å². The van der Waals surface area contributed by atoms with Crippen LogP contribution in [-0.2, 0) is 4.74 Å². The van der Waals surface area contributed by atoms with Crippen molar-refractivity contribution in [2.45, 2.75) is 13.0 Å². The van der Waals surface area contributed by atoms with Crippen molar-refractivity contribution >= 4 is 11.6 Å². The summed E-state index contributed by atoms with van der Waals surface area (Å²) in [6.45, 7) is 3.08. The molecule has 1 fully saturated rings. The molecule has 1 unspecified atom stereocenters. The van der Waals surface area contributed by atoms with Crippen molar-refractivity contribution in [1.29, 1.82) is 0 Å². The van der Waals surface area contributed by atoms with Gasteiger partial charge in [0.25, 0.3) is 5.91 Å². The van der Waals surface area contributed by atoms with Crippen molar-refractivity contribution < 1.29 is 18.3 Å². The first-order valence-corrected chi connectivity index (χ1v) is 5.64. The van der Waals surface area contributed by atoms with Crippen LogP contribution in [0.5, 0.6) is 0 Å². The van der Waals surface area contributed by atoms with Gasteiger partial charge < -0.3 is 15.4 Å². The summed E-state index contributed by atoms with van der Waals surface area (Å²) in [5.41, 5.74) is 4.56. The van der Waals surface area contributed by atoms with Crippen LogP contribution in [0.1, 0.15) is 17.3 Å². The third-order valence-corrected chi connectivity index (χ3v) is 2.95. The monoisotopic (exact) mass is 256 g/mol. The number of carbonyl (C=O) groups is 1. The lowest BCUT2D eigenvalue weighted by Gasteiger charge is -2.33. The van der Waals surface area contributed by atoms with E-state index in [1.165, 1.54) is 4.90 Å². The van der Waals surface area contributed by atoms with Gasteiger partial charge in [0.15, 0.2) is 0 Å². The van der Waals surface area contributed by atoms with Gasteiger partial charge in [-0.2, -0.15) is 0 Å². The average Bonchev–Trinajstić information content (AvgIpc) is 2.35. The lowest BCUT2D eigenvalue weighted by atomic mass is 10.1. The number of hydrogen-bond acceptors (Lipinski definition) is 3. The minimum absolute atomic E-state index is 0.0343. The third-order valence-electron chi connectivity index (χ3n) is 2.95. The van der Waals surface area contributed by atoms with E-state index in [4.69, 9.17) is 10.5 Å². The zero-order chi connectivity index (χ0) is 13.3. The highest BCUT2D eigenvalue weighted by Gasteiger charge is 2.25. The molecule has 1 aromatic rings. The second-order valence-electron chi connectivity index (χ2n) is 4.28. The first-order chi connectivity index (χ1) is 8.50. The van der Waals surface area contributed by atoms with E-state index in [0.717, 1.165) is 12.1 Å². The fourth-order valence-electron chi connectivity index (χ4n) is 1.90. The Bertz CT molecular complexity index is 456. The molecule has 1 aromatic carbocycles. The number of hydrogen-bond donors (Lipinski definition) is 1. The Morgan fingerprint density at radius 1 is 1.44 bits per heavy atom. The summed E-state index contributed by atoms with van der Waals surface area (Å²) in [7, 11) is 0. The molecular formula is C12H14F2N2O2. The molecule has 1 amide bonds. The first-order valence-electron chi connectivity index (χ1n) is 5.64. The van der Waals surface area contributed by atoms with Crippen LogP contribution in [-0.4, -0.2) is 36.6 Å². The largest absolute Gasteiger partial charge is 0.394 e. The number of nitrogens with zero attached hydrogens (tertiary/aromatic N) is 1. The highest BCUT2D eigenvalue weighted by molar-refractivity contribution is 5.95. The van der Waals surface area contributed by atoms with Crippen molar-refractivity contribution in [3.8, 4) is 0 Å². The topological polar surface area (TPSA) is 55.6 Å². The molecule has 0 bridgehead atoms. The maximum Gasteiger partial charge on any atom is 0.254 e. The second-order valence-corrected chi connectivity index (χ2v) is 4.28. The van der Waals surface area contributed by atoms with Crippen LogP contribution in [0.2, 0.25) is 0 Å². The second kappa shape index (κ2) is 4.89. The summed E-state index contributed by atoms with van der Waals surface area (Å²) in [5.74, 6) is -2.25. The van der Waals surface area contributed by atoms with E-state index >= 15 is 0 Å². The SMILES string of the molecule is CC1COCCN1C(=O)c1cc(F)c(N)c(F)c1. The molecule has 6 heteroatoms. The minimum Gasteiger partial charge on any atom is -0.394 e. The number of ether oxygens (including phenoxy) is 1. The van der Waals surface area contributed by atoms with Gasteiger partial charge in [-0.25, -0.2) is 8.78 Å². The van der Waals surface area contributed by atoms with Crippen LogP contribution in [0.15, 0.2) is 12.1 Å². The summed E-state index contributed by atoms with van der Waals surface area (Å²) < 4.78 is 31.8. The number of nitrogen functional groups attached to an aromatic ring is 1. The van der Waals surface area contributed by atoms with Gasteiger partial charge in [0.1, 0.15) is 17.3 Å². The van der Waals surface area contributed by atoms with E-state index in [1.807, 2.05) is 6.92 Å². The number of halogens is 2. The predicted molar refractivity (Wildman–Crippen MR) is 62.1 cm³/mol. The quantitative estimate of drug-likeness (QED) is 0.773. The van der Waals surface area contributed by atoms with Crippen LogP contribution >= 0.6 is 0 Å². The molecule has 1 heterocycles. The number of carbonyl (C=O) groups excluding carboxylic acids is 1. The molecule has 1 aliphatic rings. The van der Waals surface area contributed by atoms with E-state index in [-0.39, 0.29) is 11.6 Å². The molecule has 0 saturated carbocycles. The number of amides is 1. The maximum absolute atomic E-state index is 13.3. The smallest absolute Gasteiger partial charge is 0.254 e. The number of nitrogens with two attached hydrogens (primary N) is 1.